The second-order valence-corrected chi connectivity index (χ2v) is 9.53. The predicted molar refractivity (Wildman–Crippen MR) is 139 cm³/mol. The Hall–Kier alpha value is -2.73. The number of ether oxygens (including phenoxy) is 1. The zero-order valence-corrected chi connectivity index (χ0v) is 20.6. The highest BCUT2D eigenvalue weighted by Gasteiger charge is 2.32. The number of thioether (sulfide) groups is 1. The lowest BCUT2D eigenvalue weighted by Gasteiger charge is -2.28. The molecule has 0 N–H and O–H groups in total. The molecule has 2 aromatic rings. The number of benzene rings is 2. The first-order valence-electron chi connectivity index (χ1n) is 12.0. The number of likely N-dealkylation sites (N-methyl/N-ethyl adjacent to an activating group) is 1. The van der Waals surface area contributed by atoms with E-state index in [0.717, 1.165) is 41.7 Å². The summed E-state index contributed by atoms with van der Waals surface area (Å²) in [6.45, 7) is 8.99. The summed E-state index contributed by atoms with van der Waals surface area (Å²) in [7, 11) is 0. The maximum atomic E-state index is 13.0. The summed E-state index contributed by atoms with van der Waals surface area (Å²) in [5.74, 6) is 0.855. The average molecular weight is 464 g/mol. The van der Waals surface area contributed by atoms with E-state index < -0.39 is 0 Å². The highest BCUT2D eigenvalue weighted by molar-refractivity contribution is 8.18. The first-order chi connectivity index (χ1) is 16.1. The number of aliphatic imine (C=N–C) groups is 1. The van der Waals surface area contributed by atoms with Crippen LogP contribution in [0.2, 0.25) is 0 Å². The second kappa shape index (κ2) is 10.9. The zero-order valence-electron chi connectivity index (χ0n) is 19.8. The topological polar surface area (TPSA) is 45.1 Å². The highest BCUT2D eigenvalue weighted by atomic mass is 32.2. The van der Waals surface area contributed by atoms with Crippen molar-refractivity contribution in [3.63, 3.8) is 0 Å². The minimum Gasteiger partial charge on any atom is -0.491 e. The largest absolute Gasteiger partial charge is 0.491 e. The lowest BCUT2D eigenvalue weighted by Crippen LogP contribution is -2.29. The van der Waals surface area contributed by atoms with Crippen molar-refractivity contribution in [1.29, 1.82) is 0 Å². The Balaban J connectivity index is 1.48. The number of carbonyl (C=O) groups is 1. The van der Waals surface area contributed by atoms with Crippen molar-refractivity contribution < 1.29 is 9.53 Å². The molecule has 2 aromatic carbocycles. The molecule has 4 rings (SSSR count). The fourth-order valence-electron chi connectivity index (χ4n) is 3.98. The Kier molecular flexibility index (Phi) is 7.76. The summed E-state index contributed by atoms with van der Waals surface area (Å²) in [6.07, 6.45) is 6.93. The summed E-state index contributed by atoms with van der Waals surface area (Å²) in [5, 5.41) is 0.733. The molecule has 2 fully saturated rings. The van der Waals surface area contributed by atoms with Crippen molar-refractivity contribution in [2.45, 2.75) is 52.6 Å². The van der Waals surface area contributed by atoms with Gasteiger partial charge >= 0.3 is 0 Å². The van der Waals surface area contributed by atoms with Crippen molar-refractivity contribution in [2.75, 3.05) is 24.5 Å². The predicted octanol–water partition coefficient (Wildman–Crippen LogP) is 6.48. The van der Waals surface area contributed by atoms with E-state index in [2.05, 4.69) is 30.9 Å². The Morgan fingerprint density at radius 1 is 1.03 bits per heavy atom. The van der Waals surface area contributed by atoms with Crippen LogP contribution in [0.4, 0.5) is 11.4 Å². The van der Waals surface area contributed by atoms with E-state index in [-0.39, 0.29) is 12.0 Å². The van der Waals surface area contributed by atoms with E-state index in [4.69, 9.17) is 9.73 Å². The molecule has 0 bridgehead atoms. The third kappa shape index (κ3) is 5.80. The van der Waals surface area contributed by atoms with Crippen LogP contribution >= 0.6 is 11.8 Å². The quantitative estimate of drug-likeness (QED) is 0.441. The number of piperidine rings is 1. The molecule has 2 heterocycles. The molecule has 2 aliphatic rings. The summed E-state index contributed by atoms with van der Waals surface area (Å²) in [5.41, 5.74) is 3.10. The van der Waals surface area contributed by atoms with Crippen LogP contribution in [0, 0.1) is 0 Å². The maximum absolute atomic E-state index is 13.0. The fraction of sp³-hybridized carbons (Fsp3) is 0.407. The third-order valence-electron chi connectivity index (χ3n) is 6.09. The summed E-state index contributed by atoms with van der Waals surface area (Å²) < 4.78 is 5.85. The zero-order chi connectivity index (χ0) is 23.2. The number of nitrogens with zero attached hydrogens (tertiary/aromatic N) is 3. The Morgan fingerprint density at radius 2 is 1.73 bits per heavy atom. The van der Waals surface area contributed by atoms with Gasteiger partial charge in [0.05, 0.1) is 16.7 Å². The number of amidine groups is 1. The van der Waals surface area contributed by atoms with Gasteiger partial charge in [-0.15, -0.1) is 0 Å². The van der Waals surface area contributed by atoms with Crippen LogP contribution in [0.15, 0.2) is 58.4 Å². The van der Waals surface area contributed by atoms with Gasteiger partial charge in [0.25, 0.3) is 5.91 Å². The molecule has 174 valence electrons. The molecule has 0 spiro atoms. The van der Waals surface area contributed by atoms with Gasteiger partial charge in [-0.1, -0.05) is 19.1 Å². The number of rotatable bonds is 7. The van der Waals surface area contributed by atoms with Gasteiger partial charge in [0, 0.05) is 25.3 Å². The first-order valence-corrected chi connectivity index (χ1v) is 12.8. The van der Waals surface area contributed by atoms with Crippen molar-refractivity contribution in [1.82, 2.24) is 4.90 Å². The molecule has 6 heteroatoms. The SMILES string of the molecule is CC[C@@H](C)Oc1ccc(/C=C2\SC(=Nc3ccc(N4CCCCC4)cc3)N(CC)C2=O)cc1. The van der Waals surface area contributed by atoms with Crippen LogP contribution in [-0.4, -0.2) is 41.7 Å². The number of carbonyl (C=O) groups excluding carboxylic acids is 1. The fourth-order valence-corrected chi connectivity index (χ4v) is 5.04. The van der Waals surface area contributed by atoms with Gasteiger partial charge in [0.15, 0.2) is 5.17 Å². The molecule has 0 unspecified atom stereocenters. The van der Waals surface area contributed by atoms with Crippen LogP contribution < -0.4 is 9.64 Å². The summed E-state index contributed by atoms with van der Waals surface area (Å²) in [4.78, 5) is 22.7. The van der Waals surface area contributed by atoms with Crippen LogP contribution in [0.5, 0.6) is 5.75 Å². The van der Waals surface area contributed by atoms with Gasteiger partial charge in [0.1, 0.15) is 5.75 Å². The first kappa shape index (κ1) is 23.4. The smallest absolute Gasteiger partial charge is 0.266 e. The minimum absolute atomic E-state index is 0.00567. The van der Waals surface area contributed by atoms with E-state index >= 15 is 0 Å². The molecule has 2 saturated heterocycles. The lowest BCUT2D eigenvalue weighted by molar-refractivity contribution is -0.122. The van der Waals surface area contributed by atoms with Gasteiger partial charge < -0.3 is 9.64 Å². The molecule has 0 radical (unpaired) electrons. The van der Waals surface area contributed by atoms with Crippen LogP contribution in [0.1, 0.15) is 52.0 Å². The molecule has 33 heavy (non-hydrogen) atoms. The number of anilines is 1. The van der Waals surface area contributed by atoms with E-state index in [1.807, 2.05) is 49.4 Å². The normalized spacial score (nSPS) is 20.0. The Morgan fingerprint density at radius 3 is 2.36 bits per heavy atom. The number of hydrogen-bond acceptors (Lipinski definition) is 5. The van der Waals surface area contributed by atoms with Crippen molar-refractivity contribution in [3.05, 3.63) is 59.0 Å². The molecule has 5 nitrogen and oxygen atoms in total. The van der Waals surface area contributed by atoms with E-state index in [9.17, 15) is 4.79 Å². The van der Waals surface area contributed by atoms with Gasteiger partial charge in [0.2, 0.25) is 0 Å². The lowest BCUT2D eigenvalue weighted by atomic mass is 10.1. The van der Waals surface area contributed by atoms with E-state index in [1.165, 1.54) is 36.7 Å². The standard InChI is InChI=1S/C27H33N3O2S/c1-4-20(3)32-24-15-9-21(10-16-24)19-25-26(31)30(5-2)27(33-25)28-22-11-13-23(14-12-22)29-17-7-6-8-18-29/h9-16,19-20H,4-8,17-18H2,1-3H3/b25-19-,28-27?/t20-/m1/s1. The molecule has 2 aliphatic heterocycles. The minimum atomic E-state index is 0.00567. The van der Waals surface area contributed by atoms with E-state index in [0.29, 0.717) is 11.4 Å². The molecule has 1 amide bonds. The maximum Gasteiger partial charge on any atom is 0.266 e. The second-order valence-electron chi connectivity index (χ2n) is 8.52. The summed E-state index contributed by atoms with van der Waals surface area (Å²) in [6, 6.07) is 16.3. The van der Waals surface area contributed by atoms with Crippen LogP contribution in [0.25, 0.3) is 6.08 Å². The van der Waals surface area contributed by atoms with E-state index in [1.54, 1.807) is 4.90 Å². The monoisotopic (exact) mass is 463 g/mol. The van der Waals surface area contributed by atoms with Crippen LogP contribution in [0.3, 0.4) is 0 Å². The molecule has 0 aliphatic carbocycles. The third-order valence-corrected chi connectivity index (χ3v) is 7.10. The van der Waals surface area contributed by atoms with Crippen LogP contribution in [-0.2, 0) is 4.79 Å². The van der Waals surface area contributed by atoms with Crippen molar-refractivity contribution in [2.24, 2.45) is 4.99 Å². The Bertz CT molecular complexity index is 1010. The highest BCUT2D eigenvalue weighted by Crippen LogP contribution is 2.34. The molecule has 1 atom stereocenters. The summed E-state index contributed by atoms with van der Waals surface area (Å²) >= 11 is 1.44. The molecular formula is C27H33N3O2S. The number of amides is 1. The Labute approximate surface area is 201 Å². The number of hydrogen-bond donors (Lipinski definition) is 0. The molecular weight excluding hydrogens is 430 g/mol. The van der Waals surface area contributed by atoms with Crippen molar-refractivity contribution in [3.8, 4) is 5.75 Å². The van der Waals surface area contributed by atoms with Gasteiger partial charge in [-0.25, -0.2) is 4.99 Å². The molecule has 0 saturated carbocycles. The van der Waals surface area contributed by atoms with Gasteiger partial charge in [-0.05, 0) is 99.3 Å². The average Bonchev–Trinajstić information content (AvgIpc) is 3.14. The molecule has 0 aromatic heterocycles. The van der Waals surface area contributed by atoms with Crippen molar-refractivity contribution >= 4 is 40.3 Å². The van der Waals surface area contributed by atoms with Gasteiger partial charge in [-0.3, -0.25) is 9.69 Å². The van der Waals surface area contributed by atoms with Gasteiger partial charge in [-0.2, -0.15) is 0 Å².